The van der Waals surface area contributed by atoms with Gasteiger partial charge in [0.15, 0.2) is 0 Å². The second-order valence-electron chi connectivity index (χ2n) is 7.74. The molecule has 0 saturated heterocycles. The molecule has 29 heavy (non-hydrogen) atoms. The summed E-state index contributed by atoms with van der Waals surface area (Å²) in [5, 5.41) is 3.07. The van der Waals surface area contributed by atoms with Crippen LogP contribution in [0, 0.1) is 19.7 Å². The quantitative estimate of drug-likeness (QED) is 0.676. The van der Waals surface area contributed by atoms with E-state index in [9.17, 15) is 9.18 Å². The molecule has 150 valence electrons. The largest absolute Gasteiger partial charge is 0.364 e. The number of fused-ring (bicyclic) bond motifs is 1. The predicted octanol–water partition coefficient (Wildman–Crippen LogP) is 4.84. The molecule has 0 saturated carbocycles. The number of rotatable bonds is 5. The third kappa shape index (κ3) is 4.34. The summed E-state index contributed by atoms with van der Waals surface area (Å²) in [6.45, 7) is 6.94. The summed E-state index contributed by atoms with van der Waals surface area (Å²) in [5.74, 6) is -0.282. The Morgan fingerprint density at radius 1 is 1.07 bits per heavy atom. The Morgan fingerprint density at radius 3 is 2.52 bits per heavy atom. The topological polar surface area (TPSA) is 37.3 Å². The Kier molecular flexibility index (Phi) is 5.38. The van der Waals surface area contributed by atoms with Crippen molar-refractivity contribution in [1.82, 2.24) is 4.57 Å². The Labute approximate surface area is 171 Å². The number of hydrogen-bond acceptors (Lipinski definition) is 2. The first kappa shape index (κ1) is 19.2. The monoisotopic (exact) mass is 391 g/mol. The maximum atomic E-state index is 13.0. The molecule has 1 aliphatic rings. The number of nitrogens with one attached hydrogen (secondary N) is 1. The van der Waals surface area contributed by atoms with Crippen LogP contribution in [-0.4, -0.2) is 17.0 Å². The number of halogens is 1. The fourth-order valence-corrected chi connectivity index (χ4v) is 3.97. The van der Waals surface area contributed by atoms with Crippen molar-refractivity contribution in [1.29, 1.82) is 0 Å². The molecule has 0 spiro atoms. The summed E-state index contributed by atoms with van der Waals surface area (Å²) < 4.78 is 15.3. The van der Waals surface area contributed by atoms with Crippen molar-refractivity contribution in [2.24, 2.45) is 0 Å². The van der Waals surface area contributed by atoms with Gasteiger partial charge in [0.2, 0.25) is 5.91 Å². The van der Waals surface area contributed by atoms with Crippen LogP contribution in [-0.2, 0) is 24.3 Å². The van der Waals surface area contributed by atoms with Gasteiger partial charge in [-0.3, -0.25) is 4.79 Å². The molecule has 0 atom stereocenters. The van der Waals surface area contributed by atoms with Gasteiger partial charge in [-0.2, -0.15) is 0 Å². The summed E-state index contributed by atoms with van der Waals surface area (Å²) >= 11 is 0. The fraction of sp³-hybridized carbons (Fsp3) is 0.292. The average molecular weight is 391 g/mol. The van der Waals surface area contributed by atoms with E-state index in [4.69, 9.17) is 0 Å². The van der Waals surface area contributed by atoms with E-state index >= 15 is 0 Å². The minimum absolute atomic E-state index is 0.0240. The van der Waals surface area contributed by atoms with E-state index in [1.807, 2.05) is 13.8 Å². The van der Waals surface area contributed by atoms with E-state index in [0.717, 1.165) is 42.0 Å². The Morgan fingerprint density at radius 2 is 1.79 bits per heavy atom. The standard InChI is InChI=1S/C24H26FN3O/c1-17-14-22(28-13-12-27-11-3-4-21(27)16-28)15-18(2)24(17)26-23(29)10-7-19-5-8-20(25)9-6-19/h3-6,8-9,11,14-15H,7,10,12-13,16H2,1-2H3,(H,26,29). The lowest BCUT2D eigenvalue weighted by molar-refractivity contribution is -0.116. The minimum atomic E-state index is -0.258. The van der Waals surface area contributed by atoms with Crippen LogP contribution in [0.3, 0.4) is 0 Å². The third-order valence-corrected chi connectivity index (χ3v) is 5.59. The van der Waals surface area contributed by atoms with Gasteiger partial charge >= 0.3 is 0 Å². The lowest BCUT2D eigenvalue weighted by Gasteiger charge is -2.31. The highest BCUT2D eigenvalue weighted by molar-refractivity contribution is 5.93. The van der Waals surface area contributed by atoms with Gasteiger partial charge in [-0.25, -0.2) is 4.39 Å². The molecule has 5 heteroatoms. The molecule has 0 unspecified atom stereocenters. The van der Waals surface area contributed by atoms with E-state index in [-0.39, 0.29) is 11.7 Å². The zero-order chi connectivity index (χ0) is 20.4. The Hall–Kier alpha value is -3.08. The molecule has 4 nitrogen and oxygen atoms in total. The molecule has 1 amide bonds. The zero-order valence-electron chi connectivity index (χ0n) is 16.9. The molecule has 1 N–H and O–H groups in total. The van der Waals surface area contributed by atoms with Crippen molar-refractivity contribution >= 4 is 17.3 Å². The van der Waals surface area contributed by atoms with Crippen LogP contribution in [0.15, 0.2) is 54.7 Å². The molecular weight excluding hydrogens is 365 g/mol. The van der Waals surface area contributed by atoms with Crippen LogP contribution >= 0.6 is 0 Å². The highest BCUT2D eigenvalue weighted by Gasteiger charge is 2.18. The number of carbonyl (C=O) groups excluding carboxylic acids is 1. The predicted molar refractivity (Wildman–Crippen MR) is 115 cm³/mol. The van der Waals surface area contributed by atoms with Gasteiger partial charge < -0.3 is 14.8 Å². The summed E-state index contributed by atoms with van der Waals surface area (Å²) in [6.07, 6.45) is 3.10. The van der Waals surface area contributed by atoms with Gasteiger partial charge in [-0.15, -0.1) is 0 Å². The van der Waals surface area contributed by atoms with Gasteiger partial charge in [-0.1, -0.05) is 12.1 Å². The minimum Gasteiger partial charge on any atom is -0.364 e. The van der Waals surface area contributed by atoms with Crippen LogP contribution in [0.2, 0.25) is 0 Å². The van der Waals surface area contributed by atoms with E-state index < -0.39 is 0 Å². The van der Waals surface area contributed by atoms with Gasteiger partial charge in [-0.05, 0) is 73.4 Å². The highest BCUT2D eigenvalue weighted by Crippen LogP contribution is 2.29. The molecule has 0 fully saturated rings. The first-order chi connectivity index (χ1) is 14.0. The van der Waals surface area contributed by atoms with Gasteiger partial charge in [0, 0.05) is 42.8 Å². The number of benzene rings is 2. The van der Waals surface area contributed by atoms with Crippen LogP contribution in [0.5, 0.6) is 0 Å². The number of aryl methyl sites for hydroxylation is 3. The Bertz CT molecular complexity index is 1000. The van der Waals surface area contributed by atoms with Crippen LogP contribution in [0.1, 0.15) is 28.8 Å². The summed E-state index contributed by atoms with van der Waals surface area (Å²) in [5.41, 5.74) is 6.49. The van der Waals surface area contributed by atoms with E-state index in [1.54, 1.807) is 12.1 Å². The van der Waals surface area contributed by atoms with Gasteiger partial charge in [0.1, 0.15) is 5.82 Å². The number of carbonyl (C=O) groups is 1. The zero-order valence-corrected chi connectivity index (χ0v) is 16.9. The first-order valence-corrected chi connectivity index (χ1v) is 10.0. The summed E-state index contributed by atoms with van der Waals surface area (Å²) in [7, 11) is 0. The number of aromatic nitrogens is 1. The van der Waals surface area contributed by atoms with Crippen LogP contribution < -0.4 is 10.2 Å². The first-order valence-electron chi connectivity index (χ1n) is 10.0. The highest BCUT2D eigenvalue weighted by atomic mass is 19.1. The number of hydrogen-bond donors (Lipinski definition) is 1. The second kappa shape index (κ2) is 8.11. The van der Waals surface area contributed by atoms with Crippen LogP contribution in [0.25, 0.3) is 0 Å². The van der Waals surface area contributed by atoms with E-state index in [1.165, 1.54) is 23.5 Å². The molecule has 1 aromatic heterocycles. The fourth-order valence-electron chi connectivity index (χ4n) is 3.97. The van der Waals surface area contributed by atoms with Crippen molar-refractivity contribution in [3.8, 4) is 0 Å². The Balaban J connectivity index is 1.42. The second-order valence-corrected chi connectivity index (χ2v) is 7.74. The van der Waals surface area contributed by atoms with E-state index in [0.29, 0.717) is 12.8 Å². The molecule has 4 rings (SSSR count). The van der Waals surface area contributed by atoms with Crippen LogP contribution in [0.4, 0.5) is 15.8 Å². The molecule has 2 aromatic carbocycles. The van der Waals surface area contributed by atoms with Gasteiger partial charge in [0.05, 0.1) is 6.54 Å². The molecule has 2 heterocycles. The normalized spacial score (nSPS) is 13.3. The molecule has 0 aliphatic carbocycles. The molecule has 3 aromatic rings. The number of nitrogens with zero attached hydrogens (tertiary/aromatic N) is 2. The maximum absolute atomic E-state index is 13.0. The molecular formula is C24H26FN3O. The van der Waals surface area contributed by atoms with Crippen molar-refractivity contribution < 1.29 is 9.18 Å². The van der Waals surface area contributed by atoms with Crippen molar-refractivity contribution in [3.63, 3.8) is 0 Å². The molecule has 0 radical (unpaired) electrons. The number of amides is 1. The lowest BCUT2D eigenvalue weighted by atomic mass is 10.1. The van der Waals surface area contributed by atoms with Crippen molar-refractivity contribution in [3.05, 3.63) is 82.9 Å². The van der Waals surface area contributed by atoms with E-state index in [2.05, 4.69) is 45.2 Å². The third-order valence-electron chi connectivity index (χ3n) is 5.59. The van der Waals surface area contributed by atoms with Gasteiger partial charge in [0.25, 0.3) is 0 Å². The van der Waals surface area contributed by atoms with Crippen molar-refractivity contribution in [2.45, 2.75) is 39.8 Å². The molecule has 1 aliphatic heterocycles. The lowest BCUT2D eigenvalue weighted by Crippen LogP contribution is -2.33. The SMILES string of the molecule is Cc1cc(N2CCn3cccc3C2)cc(C)c1NC(=O)CCc1ccc(F)cc1. The smallest absolute Gasteiger partial charge is 0.224 e. The summed E-state index contributed by atoms with van der Waals surface area (Å²) in [4.78, 5) is 14.8. The maximum Gasteiger partial charge on any atom is 0.224 e. The summed E-state index contributed by atoms with van der Waals surface area (Å²) in [6, 6.07) is 14.9. The molecule has 0 bridgehead atoms. The number of anilines is 2. The van der Waals surface area contributed by atoms with Crippen molar-refractivity contribution in [2.75, 3.05) is 16.8 Å². The average Bonchev–Trinajstić information content (AvgIpc) is 3.18.